The molecule has 5 heteroatoms. The maximum absolute atomic E-state index is 11.6. The molecule has 0 radical (unpaired) electrons. The van der Waals surface area contributed by atoms with Crippen LogP contribution in [0.15, 0.2) is 18.2 Å². The summed E-state index contributed by atoms with van der Waals surface area (Å²) >= 11 is 5.87. The number of carbonyl (C=O) groups is 1. The fourth-order valence-corrected chi connectivity index (χ4v) is 1.31. The minimum atomic E-state index is -0.248. The number of anilines is 1. The fourth-order valence-electron chi connectivity index (χ4n) is 1.12. The molecule has 0 fully saturated rings. The molecule has 16 heavy (non-hydrogen) atoms. The lowest BCUT2D eigenvalue weighted by Gasteiger charge is -2.12. The third-order valence-electron chi connectivity index (χ3n) is 2.24. The van der Waals surface area contributed by atoms with Crippen LogP contribution in [0.25, 0.3) is 0 Å². The second-order valence-corrected chi connectivity index (χ2v) is 3.76. The van der Waals surface area contributed by atoms with Crippen molar-refractivity contribution in [3.05, 3.63) is 23.2 Å². The van der Waals surface area contributed by atoms with Gasteiger partial charge in [-0.1, -0.05) is 11.6 Å². The predicted molar refractivity (Wildman–Crippen MR) is 65.2 cm³/mol. The van der Waals surface area contributed by atoms with Crippen LogP contribution in [0.1, 0.15) is 6.92 Å². The number of hydrogen-bond acceptors (Lipinski definition) is 3. The summed E-state index contributed by atoms with van der Waals surface area (Å²) < 4.78 is 5.06. The largest absolute Gasteiger partial charge is 0.495 e. The van der Waals surface area contributed by atoms with Gasteiger partial charge in [0.15, 0.2) is 0 Å². The maximum Gasteiger partial charge on any atom is 0.241 e. The van der Waals surface area contributed by atoms with Gasteiger partial charge in [0, 0.05) is 11.8 Å². The Bertz CT molecular complexity index is 382. The van der Waals surface area contributed by atoms with Crippen molar-refractivity contribution < 1.29 is 9.53 Å². The number of nitrogens with one attached hydrogen (secondary N) is 2. The highest BCUT2D eigenvalue weighted by molar-refractivity contribution is 6.32. The van der Waals surface area contributed by atoms with Gasteiger partial charge in [-0.15, -0.1) is 0 Å². The van der Waals surface area contributed by atoms with Gasteiger partial charge in [0.2, 0.25) is 5.91 Å². The fraction of sp³-hybridized carbons (Fsp3) is 0.364. The third kappa shape index (κ3) is 3.12. The monoisotopic (exact) mass is 242 g/mol. The summed E-state index contributed by atoms with van der Waals surface area (Å²) in [5.74, 6) is 0.434. The van der Waals surface area contributed by atoms with Crippen LogP contribution in [0.4, 0.5) is 5.69 Å². The lowest BCUT2D eigenvalue weighted by molar-refractivity contribution is -0.117. The van der Waals surface area contributed by atoms with Gasteiger partial charge in [-0.2, -0.15) is 0 Å². The Hall–Kier alpha value is -1.26. The SMILES string of the molecule is CNC(C)C(=O)Nc1ccc(Cl)c(OC)c1. The quantitative estimate of drug-likeness (QED) is 0.848. The van der Waals surface area contributed by atoms with Crippen LogP contribution in [-0.4, -0.2) is 26.1 Å². The highest BCUT2D eigenvalue weighted by Crippen LogP contribution is 2.27. The van der Waals surface area contributed by atoms with E-state index in [2.05, 4.69) is 10.6 Å². The van der Waals surface area contributed by atoms with Gasteiger partial charge < -0.3 is 15.4 Å². The van der Waals surface area contributed by atoms with E-state index in [-0.39, 0.29) is 11.9 Å². The van der Waals surface area contributed by atoms with Crippen LogP contribution in [0, 0.1) is 0 Å². The predicted octanol–water partition coefficient (Wildman–Crippen LogP) is 1.89. The number of methoxy groups -OCH3 is 1. The molecule has 0 spiro atoms. The smallest absolute Gasteiger partial charge is 0.241 e. The van der Waals surface area contributed by atoms with Gasteiger partial charge in [0.05, 0.1) is 18.2 Å². The molecule has 2 N–H and O–H groups in total. The van der Waals surface area contributed by atoms with Crippen LogP contribution in [0.3, 0.4) is 0 Å². The lowest BCUT2D eigenvalue weighted by atomic mass is 10.2. The highest BCUT2D eigenvalue weighted by Gasteiger charge is 2.11. The molecule has 4 nitrogen and oxygen atoms in total. The highest BCUT2D eigenvalue weighted by atomic mass is 35.5. The minimum absolute atomic E-state index is 0.105. The molecule has 0 aromatic heterocycles. The Labute approximate surface area is 99.9 Å². The number of amides is 1. The standard InChI is InChI=1S/C11H15ClN2O2/c1-7(13-2)11(15)14-8-4-5-9(12)10(6-8)16-3/h4-7,13H,1-3H3,(H,14,15). The first-order valence-corrected chi connectivity index (χ1v) is 5.28. The summed E-state index contributed by atoms with van der Waals surface area (Å²) in [5.41, 5.74) is 0.661. The van der Waals surface area contributed by atoms with E-state index in [1.54, 1.807) is 32.2 Å². The third-order valence-corrected chi connectivity index (χ3v) is 2.56. The first-order valence-electron chi connectivity index (χ1n) is 4.90. The zero-order chi connectivity index (χ0) is 12.1. The molecule has 0 aliphatic heterocycles. The van der Waals surface area contributed by atoms with Crippen molar-refractivity contribution >= 4 is 23.2 Å². The van der Waals surface area contributed by atoms with Crippen LogP contribution in [0.5, 0.6) is 5.75 Å². The van der Waals surface area contributed by atoms with Crippen molar-refractivity contribution in [2.24, 2.45) is 0 Å². The van der Waals surface area contributed by atoms with Gasteiger partial charge >= 0.3 is 0 Å². The summed E-state index contributed by atoms with van der Waals surface area (Å²) in [5, 5.41) is 6.13. The Balaban J connectivity index is 2.78. The summed E-state index contributed by atoms with van der Waals surface area (Å²) in [4.78, 5) is 11.6. The number of carbonyl (C=O) groups excluding carboxylic acids is 1. The summed E-state index contributed by atoms with van der Waals surface area (Å²) in [6, 6.07) is 4.84. The van der Waals surface area contributed by atoms with E-state index in [4.69, 9.17) is 16.3 Å². The van der Waals surface area contributed by atoms with Crippen molar-refractivity contribution in [3.63, 3.8) is 0 Å². The Morgan fingerprint density at radius 2 is 2.19 bits per heavy atom. The second-order valence-electron chi connectivity index (χ2n) is 3.35. The zero-order valence-corrected chi connectivity index (χ0v) is 10.3. The second kappa shape index (κ2) is 5.72. The van der Waals surface area contributed by atoms with Gasteiger partial charge in [-0.25, -0.2) is 0 Å². The van der Waals surface area contributed by atoms with E-state index in [1.807, 2.05) is 0 Å². The molecule has 1 aromatic carbocycles. The molecule has 1 amide bonds. The number of hydrogen-bond donors (Lipinski definition) is 2. The first kappa shape index (κ1) is 12.8. The molecule has 1 rings (SSSR count). The van der Waals surface area contributed by atoms with Crippen molar-refractivity contribution in [3.8, 4) is 5.75 Å². The number of benzene rings is 1. The molecule has 0 heterocycles. The van der Waals surface area contributed by atoms with Crippen molar-refractivity contribution in [1.82, 2.24) is 5.32 Å². The average Bonchev–Trinajstić information content (AvgIpc) is 2.30. The minimum Gasteiger partial charge on any atom is -0.495 e. The Morgan fingerprint density at radius 1 is 1.50 bits per heavy atom. The molecular weight excluding hydrogens is 228 g/mol. The van der Waals surface area contributed by atoms with E-state index < -0.39 is 0 Å². The molecule has 1 unspecified atom stereocenters. The average molecular weight is 243 g/mol. The van der Waals surface area contributed by atoms with Gasteiger partial charge in [0.25, 0.3) is 0 Å². The van der Waals surface area contributed by atoms with Crippen molar-refractivity contribution in [2.75, 3.05) is 19.5 Å². The summed E-state index contributed by atoms with van der Waals surface area (Å²) in [6.07, 6.45) is 0. The normalized spacial score (nSPS) is 12.0. The van der Waals surface area contributed by atoms with Gasteiger partial charge in [-0.05, 0) is 26.1 Å². The van der Waals surface area contributed by atoms with E-state index in [9.17, 15) is 4.79 Å². The molecule has 0 aliphatic carbocycles. The summed E-state index contributed by atoms with van der Waals surface area (Å²) in [6.45, 7) is 1.78. The molecule has 88 valence electrons. The summed E-state index contributed by atoms with van der Waals surface area (Å²) in [7, 11) is 3.26. The van der Waals surface area contributed by atoms with E-state index in [1.165, 1.54) is 7.11 Å². The number of halogens is 1. The Morgan fingerprint density at radius 3 is 2.75 bits per heavy atom. The lowest BCUT2D eigenvalue weighted by Crippen LogP contribution is -2.35. The van der Waals surface area contributed by atoms with Crippen LogP contribution in [0.2, 0.25) is 5.02 Å². The molecule has 0 saturated heterocycles. The number of rotatable bonds is 4. The molecule has 0 bridgehead atoms. The van der Waals surface area contributed by atoms with E-state index in [0.717, 1.165) is 0 Å². The molecular formula is C11H15ClN2O2. The van der Waals surface area contributed by atoms with Crippen LogP contribution in [-0.2, 0) is 4.79 Å². The topological polar surface area (TPSA) is 50.4 Å². The Kier molecular flexibility index (Phi) is 4.58. The van der Waals surface area contributed by atoms with Gasteiger partial charge in [0.1, 0.15) is 5.75 Å². The zero-order valence-electron chi connectivity index (χ0n) is 9.50. The van der Waals surface area contributed by atoms with Crippen molar-refractivity contribution in [2.45, 2.75) is 13.0 Å². The van der Waals surface area contributed by atoms with Gasteiger partial charge in [-0.3, -0.25) is 4.79 Å². The molecule has 0 saturated carbocycles. The van der Waals surface area contributed by atoms with Crippen LogP contribution < -0.4 is 15.4 Å². The maximum atomic E-state index is 11.6. The van der Waals surface area contributed by atoms with Crippen molar-refractivity contribution in [1.29, 1.82) is 0 Å². The molecule has 1 aromatic rings. The van der Waals surface area contributed by atoms with E-state index in [0.29, 0.717) is 16.5 Å². The van der Waals surface area contributed by atoms with E-state index >= 15 is 0 Å². The van der Waals surface area contributed by atoms with Crippen LogP contribution >= 0.6 is 11.6 Å². The first-order chi connectivity index (χ1) is 7.58. The molecule has 1 atom stereocenters. The number of likely N-dealkylation sites (N-methyl/N-ethyl adjacent to an activating group) is 1. The number of ether oxygens (including phenoxy) is 1. The molecule has 0 aliphatic rings.